The summed E-state index contributed by atoms with van der Waals surface area (Å²) < 4.78 is 0. The van der Waals surface area contributed by atoms with Crippen molar-refractivity contribution in [2.45, 2.75) is 19.8 Å². The van der Waals surface area contributed by atoms with Crippen LogP contribution in [0.4, 0.5) is 11.5 Å². The predicted octanol–water partition coefficient (Wildman–Crippen LogP) is 1.45. The van der Waals surface area contributed by atoms with Gasteiger partial charge in [-0.1, -0.05) is 6.92 Å². The lowest BCUT2D eigenvalue weighted by molar-refractivity contribution is -0.120. The van der Waals surface area contributed by atoms with E-state index < -0.39 is 0 Å². The van der Waals surface area contributed by atoms with Gasteiger partial charge in [-0.05, 0) is 12.5 Å². The largest absolute Gasteiger partial charge is 0.384 e. The van der Waals surface area contributed by atoms with Gasteiger partial charge in [0, 0.05) is 44.5 Å². The third-order valence-corrected chi connectivity index (χ3v) is 2.27. The molecule has 17 heavy (non-hydrogen) atoms. The van der Waals surface area contributed by atoms with E-state index in [9.17, 15) is 4.79 Å². The zero-order valence-electron chi connectivity index (χ0n) is 10.4. The van der Waals surface area contributed by atoms with Crippen LogP contribution < -0.4 is 16.0 Å². The van der Waals surface area contributed by atoms with E-state index in [1.165, 1.54) is 0 Å². The molecule has 5 heteroatoms. The summed E-state index contributed by atoms with van der Waals surface area (Å²) in [6, 6.07) is 3.79. The lowest BCUT2D eigenvalue weighted by Gasteiger charge is -2.07. The van der Waals surface area contributed by atoms with E-state index in [1.54, 1.807) is 6.20 Å². The number of anilines is 2. The van der Waals surface area contributed by atoms with Crippen molar-refractivity contribution in [1.29, 1.82) is 0 Å². The minimum absolute atomic E-state index is 0.0854. The Morgan fingerprint density at radius 1 is 1.41 bits per heavy atom. The second kappa shape index (κ2) is 7.49. The fourth-order valence-corrected chi connectivity index (χ4v) is 1.35. The first kappa shape index (κ1) is 13.3. The van der Waals surface area contributed by atoms with Gasteiger partial charge in [-0.2, -0.15) is 0 Å². The number of hydrogen-bond donors (Lipinski definition) is 3. The summed E-state index contributed by atoms with van der Waals surface area (Å²) in [7, 11) is 1.82. The van der Waals surface area contributed by atoms with Gasteiger partial charge in [0.2, 0.25) is 5.91 Å². The molecule has 1 aromatic heterocycles. The average Bonchev–Trinajstić information content (AvgIpc) is 2.36. The number of hydrogen-bond acceptors (Lipinski definition) is 4. The van der Waals surface area contributed by atoms with Crippen molar-refractivity contribution < 1.29 is 4.79 Å². The number of nitrogens with zero attached hydrogens (tertiary/aromatic N) is 1. The summed E-state index contributed by atoms with van der Waals surface area (Å²) >= 11 is 0. The first-order valence-electron chi connectivity index (χ1n) is 5.90. The molecule has 0 saturated heterocycles. The molecule has 0 aliphatic carbocycles. The maximum atomic E-state index is 11.3. The second-order valence-corrected chi connectivity index (χ2v) is 3.71. The highest BCUT2D eigenvalue weighted by Gasteiger charge is 2.00. The Bertz CT molecular complexity index is 354. The van der Waals surface area contributed by atoms with E-state index in [-0.39, 0.29) is 5.91 Å². The molecule has 0 aromatic carbocycles. The molecule has 0 radical (unpaired) electrons. The van der Waals surface area contributed by atoms with Crippen LogP contribution in [0.3, 0.4) is 0 Å². The summed E-state index contributed by atoms with van der Waals surface area (Å²) in [5.41, 5.74) is 0.965. The van der Waals surface area contributed by atoms with Crippen molar-refractivity contribution >= 4 is 17.4 Å². The van der Waals surface area contributed by atoms with E-state index >= 15 is 0 Å². The molecule has 0 fully saturated rings. The van der Waals surface area contributed by atoms with E-state index in [4.69, 9.17) is 0 Å². The average molecular weight is 236 g/mol. The van der Waals surface area contributed by atoms with Crippen LogP contribution in [0.1, 0.15) is 19.8 Å². The monoisotopic (exact) mass is 236 g/mol. The van der Waals surface area contributed by atoms with Gasteiger partial charge in [-0.3, -0.25) is 4.79 Å². The highest BCUT2D eigenvalue weighted by Crippen LogP contribution is 2.10. The van der Waals surface area contributed by atoms with Crippen molar-refractivity contribution in [3.63, 3.8) is 0 Å². The predicted molar refractivity (Wildman–Crippen MR) is 70.2 cm³/mol. The quantitative estimate of drug-likeness (QED) is 0.670. The van der Waals surface area contributed by atoms with Crippen LogP contribution in [0.25, 0.3) is 0 Å². The number of pyridine rings is 1. The van der Waals surface area contributed by atoms with Crippen LogP contribution in [-0.2, 0) is 4.79 Å². The fraction of sp³-hybridized carbons (Fsp3) is 0.500. The van der Waals surface area contributed by atoms with Gasteiger partial charge >= 0.3 is 0 Å². The molecule has 0 aliphatic heterocycles. The Morgan fingerprint density at radius 2 is 2.24 bits per heavy atom. The highest BCUT2D eigenvalue weighted by atomic mass is 16.1. The van der Waals surface area contributed by atoms with Gasteiger partial charge in [0.05, 0.1) is 0 Å². The Labute approximate surface area is 102 Å². The number of carbonyl (C=O) groups is 1. The molecule has 0 unspecified atom stereocenters. The number of rotatable bonds is 7. The summed E-state index contributed by atoms with van der Waals surface area (Å²) in [5.74, 6) is 0.896. The van der Waals surface area contributed by atoms with Crippen molar-refractivity contribution in [3.05, 3.63) is 18.3 Å². The number of aromatic nitrogens is 1. The first-order valence-corrected chi connectivity index (χ1v) is 5.90. The van der Waals surface area contributed by atoms with Crippen molar-refractivity contribution in [1.82, 2.24) is 10.3 Å². The molecule has 1 heterocycles. The van der Waals surface area contributed by atoms with Gasteiger partial charge < -0.3 is 16.0 Å². The van der Waals surface area contributed by atoms with Gasteiger partial charge in [0.1, 0.15) is 5.82 Å². The molecule has 0 bridgehead atoms. The number of carbonyl (C=O) groups excluding carboxylic acids is 1. The fourth-order valence-electron chi connectivity index (χ4n) is 1.35. The molecule has 0 atom stereocenters. The topological polar surface area (TPSA) is 66.0 Å². The Morgan fingerprint density at radius 3 is 2.94 bits per heavy atom. The van der Waals surface area contributed by atoms with E-state index in [2.05, 4.69) is 20.9 Å². The third kappa shape index (κ3) is 5.19. The minimum Gasteiger partial charge on any atom is -0.384 e. The lowest BCUT2D eigenvalue weighted by Crippen LogP contribution is -2.25. The van der Waals surface area contributed by atoms with Gasteiger partial charge in [-0.25, -0.2) is 4.98 Å². The van der Waals surface area contributed by atoms with Crippen molar-refractivity contribution in [3.8, 4) is 0 Å². The maximum Gasteiger partial charge on any atom is 0.221 e. The summed E-state index contributed by atoms with van der Waals surface area (Å²) in [4.78, 5) is 15.5. The normalized spacial score (nSPS) is 9.76. The second-order valence-electron chi connectivity index (χ2n) is 3.71. The standard InChI is InChI=1S/C12H20N4O/c1-3-6-16-12(17)5-8-14-10-4-7-15-11(9-10)13-2/h4,7,9H,3,5-6,8H2,1-2H3,(H,16,17)(H2,13,14,15). The van der Waals surface area contributed by atoms with Gasteiger partial charge in [-0.15, -0.1) is 0 Å². The molecule has 3 N–H and O–H groups in total. The Kier molecular flexibility index (Phi) is 5.85. The van der Waals surface area contributed by atoms with Crippen molar-refractivity contribution in [2.24, 2.45) is 0 Å². The highest BCUT2D eigenvalue weighted by molar-refractivity contribution is 5.76. The van der Waals surface area contributed by atoms with Crippen LogP contribution in [0, 0.1) is 0 Å². The Hall–Kier alpha value is -1.78. The molecule has 94 valence electrons. The van der Waals surface area contributed by atoms with Gasteiger partial charge in [0.15, 0.2) is 0 Å². The summed E-state index contributed by atoms with van der Waals surface area (Å²) in [6.07, 6.45) is 3.18. The van der Waals surface area contributed by atoms with Crippen LogP contribution in [0.2, 0.25) is 0 Å². The van der Waals surface area contributed by atoms with Crippen LogP contribution in [0.15, 0.2) is 18.3 Å². The summed E-state index contributed by atoms with van der Waals surface area (Å²) in [6.45, 7) is 3.41. The van der Waals surface area contributed by atoms with E-state index in [0.717, 1.165) is 24.5 Å². The smallest absolute Gasteiger partial charge is 0.221 e. The molecule has 1 amide bonds. The summed E-state index contributed by atoms with van der Waals surface area (Å²) in [5, 5.41) is 8.99. The molecule has 1 rings (SSSR count). The molecule has 0 aliphatic rings. The number of nitrogens with one attached hydrogen (secondary N) is 3. The number of amides is 1. The zero-order chi connectivity index (χ0) is 12.5. The lowest BCUT2D eigenvalue weighted by atomic mass is 10.3. The molecule has 5 nitrogen and oxygen atoms in total. The molecule has 1 aromatic rings. The van der Waals surface area contributed by atoms with E-state index in [0.29, 0.717) is 13.0 Å². The van der Waals surface area contributed by atoms with Crippen LogP contribution in [-0.4, -0.2) is 31.0 Å². The molecular weight excluding hydrogens is 216 g/mol. The Balaban J connectivity index is 2.28. The van der Waals surface area contributed by atoms with Crippen LogP contribution in [0.5, 0.6) is 0 Å². The third-order valence-electron chi connectivity index (χ3n) is 2.27. The SMILES string of the molecule is CCCNC(=O)CCNc1ccnc(NC)c1. The molecule has 0 saturated carbocycles. The van der Waals surface area contributed by atoms with E-state index in [1.807, 2.05) is 26.1 Å². The first-order chi connectivity index (χ1) is 8.26. The van der Waals surface area contributed by atoms with Crippen molar-refractivity contribution in [2.75, 3.05) is 30.8 Å². The molecular formula is C12H20N4O. The zero-order valence-corrected chi connectivity index (χ0v) is 10.4. The molecule has 0 spiro atoms. The van der Waals surface area contributed by atoms with Crippen LogP contribution >= 0.6 is 0 Å². The minimum atomic E-state index is 0.0854. The maximum absolute atomic E-state index is 11.3. The van der Waals surface area contributed by atoms with Gasteiger partial charge in [0.25, 0.3) is 0 Å².